The number of methoxy groups -OCH3 is 1. The molecule has 2 heterocycles. The predicted octanol–water partition coefficient (Wildman–Crippen LogP) is 2.66. The summed E-state index contributed by atoms with van der Waals surface area (Å²) in [5.41, 5.74) is 1.26. The number of furan rings is 1. The number of ether oxygens (including phenoxy) is 2. The Morgan fingerprint density at radius 2 is 2.17 bits per heavy atom. The SMILES string of the molecule is COc1ccccc1C1CCN(CC(O)COCc2ccco2)C1. The number of aliphatic hydroxyl groups excluding tert-OH is 1. The molecule has 2 aromatic rings. The second kappa shape index (κ2) is 8.33. The molecule has 130 valence electrons. The van der Waals surface area contributed by atoms with E-state index < -0.39 is 6.10 Å². The average molecular weight is 331 g/mol. The first-order valence-electron chi connectivity index (χ1n) is 8.39. The van der Waals surface area contributed by atoms with Crippen molar-refractivity contribution in [3.05, 3.63) is 54.0 Å². The van der Waals surface area contributed by atoms with E-state index in [4.69, 9.17) is 13.9 Å². The third-order valence-electron chi connectivity index (χ3n) is 4.45. The topological polar surface area (TPSA) is 55.1 Å². The van der Waals surface area contributed by atoms with Crippen molar-refractivity contribution >= 4 is 0 Å². The van der Waals surface area contributed by atoms with Crippen LogP contribution in [-0.2, 0) is 11.3 Å². The number of rotatable bonds is 8. The van der Waals surface area contributed by atoms with Crippen molar-refractivity contribution in [3.63, 3.8) is 0 Å². The van der Waals surface area contributed by atoms with E-state index in [1.165, 1.54) is 5.56 Å². The molecule has 2 atom stereocenters. The fourth-order valence-corrected chi connectivity index (χ4v) is 3.30. The molecule has 2 unspecified atom stereocenters. The van der Waals surface area contributed by atoms with Gasteiger partial charge >= 0.3 is 0 Å². The summed E-state index contributed by atoms with van der Waals surface area (Å²) in [6.07, 6.45) is 2.22. The number of benzene rings is 1. The van der Waals surface area contributed by atoms with Crippen LogP contribution in [0.3, 0.4) is 0 Å². The van der Waals surface area contributed by atoms with Crippen molar-refractivity contribution < 1.29 is 19.0 Å². The van der Waals surface area contributed by atoms with Crippen molar-refractivity contribution in [2.75, 3.05) is 33.4 Å². The van der Waals surface area contributed by atoms with Crippen molar-refractivity contribution in [2.45, 2.75) is 25.0 Å². The molecule has 1 N–H and O–H groups in total. The Hall–Kier alpha value is -1.82. The Labute approximate surface area is 142 Å². The summed E-state index contributed by atoms with van der Waals surface area (Å²) in [6.45, 7) is 3.27. The highest BCUT2D eigenvalue weighted by Gasteiger charge is 2.27. The maximum absolute atomic E-state index is 10.2. The predicted molar refractivity (Wildman–Crippen MR) is 91.2 cm³/mol. The molecule has 3 rings (SSSR count). The highest BCUT2D eigenvalue weighted by molar-refractivity contribution is 5.37. The lowest BCUT2D eigenvalue weighted by molar-refractivity contribution is 0.00815. The zero-order valence-electron chi connectivity index (χ0n) is 14.1. The van der Waals surface area contributed by atoms with Crippen LogP contribution in [0.5, 0.6) is 5.75 Å². The molecule has 0 saturated carbocycles. The molecule has 1 aromatic heterocycles. The van der Waals surface area contributed by atoms with E-state index in [-0.39, 0.29) is 0 Å². The number of nitrogens with zero attached hydrogens (tertiary/aromatic N) is 1. The van der Waals surface area contributed by atoms with Crippen LogP contribution in [0, 0.1) is 0 Å². The first-order valence-corrected chi connectivity index (χ1v) is 8.39. The zero-order chi connectivity index (χ0) is 16.8. The van der Waals surface area contributed by atoms with Crippen molar-refractivity contribution in [3.8, 4) is 5.75 Å². The number of β-amino-alcohol motifs (C(OH)–C–C–N with tert-alkyl or cyclic N) is 1. The molecule has 0 bridgehead atoms. The molecule has 24 heavy (non-hydrogen) atoms. The molecule has 1 aromatic carbocycles. The first kappa shape index (κ1) is 17.0. The van der Waals surface area contributed by atoms with Gasteiger partial charge in [0.1, 0.15) is 18.1 Å². The molecule has 1 aliphatic heterocycles. The van der Waals surface area contributed by atoms with E-state index in [9.17, 15) is 5.11 Å². The van der Waals surface area contributed by atoms with Gasteiger partial charge in [-0.25, -0.2) is 0 Å². The third-order valence-corrected chi connectivity index (χ3v) is 4.45. The van der Waals surface area contributed by atoms with Gasteiger partial charge in [-0.3, -0.25) is 0 Å². The van der Waals surface area contributed by atoms with Crippen LogP contribution in [0.15, 0.2) is 47.1 Å². The van der Waals surface area contributed by atoms with Crippen LogP contribution in [0.1, 0.15) is 23.7 Å². The minimum atomic E-state index is -0.489. The summed E-state index contributed by atoms with van der Waals surface area (Å²) in [6, 6.07) is 11.9. The van der Waals surface area contributed by atoms with Gasteiger partial charge in [0.05, 0.1) is 26.1 Å². The maximum atomic E-state index is 10.2. The van der Waals surface area contributed by atoms with Gasteiger partial charge in [0.15, 0.2) is 0 Å². The highest BCUT2D eigenvalue weighted by Crippen LogP contribution is 2.33. The summed E-state index contributed by atoms with van der Waals surface area (Å²) in [7, 11) is 1.71. The Bertz CT molecular complexity index is 614. The number of aliphatic hydroxyl groups is 1. The van der Waals surface area contributed by atoms with Gasteiger partial charge < -0.3 is 23.9 Å². The quantitative estimate of drug-likeness (QED) is 0.806. The summed E-state index contributed by atoms with van der Waals surface area (Å²) in [4.78, 5) is 2.29. The molecule has 0 aliphatic carbocycles. The standard InChI is InChI=1S/C19H25NO4/c1-22-19-7-3-2-6-18(19)15-8-9-20(11-15)12-16(21)13-23-14-17-5-4-10-24-17/h2-7,10,15-16,21H,8-9,11-14H2,1H3. The molecule has 1 saturated heterocycles. The number of para-hydroxylation sites is 1. The minimum Gasteiger partial charge on any atom is -0.496 e. The number of hydrogen-bond acceptors (Lipinski definition) is 5. The molecule has 1 aliphatic rings. The Morgan fingerprint density at radius 1 is 1.29 bits per heavy atom. The fourth-order valence-electron chi connectivity index (χ4n) is 3.30. The molecule has 0 radical (unpaired) electrons. The van der Waals surface area contributed by atoms with Crippen LogP contribution in [0.2, 0.25) is 0 Å². The van der Waals surface area contributed by atoms with Gasteiger partial charge in [0.2, 0.25) is 0 Å². The highest BCUT2D eigenvalue weighted by atomic mass is 16.5. The lowest BCUT2D eigenvalue weighted by Crippen LogP contribution is -2.33. The van der Waals surface area contributed by atoms with Crippen LogP contribution >= 0.6 is 0 Å². The maximum Gasteiger partial charge on any atom is 0.129 e. The molecule has 0 spiro atoms. The van der Waals surface area contributed by atoms with Gasteiger partial charge in [0, 0.05) is 19.0 Å². The number of hydrogen-bond donors (Lipinski definition) is 1. The zero-order valence-corrected chi connectivity index (χ0v) is 14.1. The van der Waals surface area contributed by atoms with Crippen molar-refractivity contribution in [2.24, 2.45) is 0 Å². The normalized spacial score (nSPS) is 19.5. The molecular weight excluding hydrogens is 306 g/mol. The van der Waals surface area contributed by atoms with Gasteiger partial charge in [-0.05, 0) is 36.7 Å². The lowest BCUT2D eigenvalue weighted by Gasteiger charge is -2.20. The third kappa shape index (κ3) is 4.38. The molecule has 5 nitrogen and oxygen atoms in total. The summed E-state index contributed by atoms with van der Waals surface area (Å²) in [5, 5.41) is 10.2. The summed E-state index contributed by atoms with van der Waals surface area (Å²) in [5.74, 6) is 2.18. The van der Waals surface area contributed by atoms with E-state index >= 15 is 0 Å². The number of likely N-dealkylation sites (tertiary alicyclic amines) is 1. The minimum absolute atomic E-state index is 0.316. The average Bonchev–Trinajstić information content (AvgIpc) is 3.27. The largest absolute Gasteiger partial charge is 0.496 e. The monoisotopic (exact) mass is 331 g/mol. The smallest absolute Gasteiger partial charge is 0.129 e. The molecular formula is C19H25NO4. The molecule has 1 fully saturated rings. The van der Waals surface area contributed by atoms with Crippen LogP contribution < -0.4 is 4.74 Å². The van der Waals surface area contributed by atoms with Crippen LogP contribution in [0.4, 0.5) is 0 Å². The summed E-state index contributed by atoms with van der Waals surface area (Å²) < 4.78 is 16.2. The lowest BCUT2D eigenvalue weighted by atomic mass is 9.97. The molecule has 0 amide bonds. The Kier molecular flexibility index (Phi) is 5.91. The second-order valence-corrected chi connectivity index (χ2v) is 6.24. The van der Waals surface area contributed by atoms with E-state index in [1.807, 2.05) is 24.3 Å². The molecule has 5 heteroatoms. The van der Waals surface area contributed by atoms with Crippen LogP contribution in [0.25, 0.3) is 0 Å². The van der Waals surface area contributed by atoms with E-state index in [1.54, 1.807) is 13.4 Å². The fraction of sp³-hybridized carbons (Fsp3) is 0.474. The van der Waals surface area contributed by atoms with Gasteiger partial charge in [-0.15, -0.1) is 0 Å². The van der Waals surface area contributed by atoms with E-state index in [2.05, 4.69) is 17.0 Å². The van der Waals surface area contributed by atoms with E-state index in [0.29, 0.717) is 25.7 Å². The van der Waals surface area contributed by atoms with Gasteiger partial charge in [-0.1, -0.05) is 18.2 Å². The first-order chi connectivity index (χ1) is 11.8. The van der Waals surface area contributed by atoms with E-state index in [0.717, 1.165) is 31.0 Å². The summed E-state index contributed by atoms with van der Waals surface area (Å²) >= 11 is 0. The second-order valence-electron chi connectivity index (χ2n) is 6.24. The Balaban J connectivity index is 1.43. The van der Waals surface area contributed by atoms with Gasteiger partial charge in [-0.2, -0.15) is 0 Å². The van der Waals surface area contributed by atoms with Crippen molar-refractivity contribution in [1.82, 2.24) is 4.90 Å². The van der Waals surface area contributed by atoms with Crippen LogP contribution in [-0.4, -0.2) is 49.5 Å². The van der Waals surface area contributed by atoms with Crippen molar-refractivity contribution in [1.29, 1.82) is 0 Å². The van der Waals surface area contributed by atoms with Gasteiger partial charge in [0.25, 0.3) is 0 Å². The Morgan fingerprint density at radius 3 is 2.96 bits per heavy atom.